The van der Waals surface area contributed by atoms with E-state index < -0.39 is 5.97 Å². The molecule has 1 aliphatic heterocycles. The third kappa shape index (κ3) is 3.74. The Labute approximate surface area is 154 Å². The van der Waals surface area contributed by atoms with Crippen molar-refractivity contribution in [2.75, 3.05) is 13.7 Å². The third-order valence-electron chi connectivity index (χ3n) is 3.53. The number of nitrogens with zero attached hydrogens (tertiary/aromatic N) is 1. The fraction of sp³-hybridized carbons (Fsp3) is 0.158. The summed E-state index contributed by atoms with van der Waals surface area (Å²) in [6.07, 6.45) is 1.67. The zero-order valence-corrected chi connectivity index (χ0v) is 15.4. The second kappa shape index (κ2) is 7.53. The Balaban J connectivity index is 1.94. The molecule has 1 heterocycles. The van der Waals surface area contributed by atoms with Crippen LogP contribution in [0.15, 0.2) is 57.6 Å². The van der Waals surface area contributed by atoms with Crippen molar-refractivity contribution in [2.45, 2.75) is 6.92 Å². The first kappa shape index (κ1) is 17.2. The quantitative estimate of drug-likeness (QED) is 0.556. The summed E-state index contributed by atoms with van der Waals surface area (Å²) in [7, 11) is 1.59. The normalized spacial score (nSPS) is 15.1. The summed E-state index contributed by atoms with van der Waals surface area (Å²) < 4.78 is 16.8. The standard InChI is InChI=1S/C19H16BrNO4/c1-3-24-16-7-5-4-6-12(16)11-15-19(22)25-18(21-15)13-8-9-17(23-2)14(20)10-13/h4-11H,3H2,1-2H3/b15-11-. The van der Waals surface area contributed by atoms with E-state index >= 15 is 0 Å². The van der Waals surface area contributed by atoms with E-state index in [1.807, 2.05) is 31.2 Å². The Kier molecular flexibility index (Phi) is 5.19. The summed E-state index contributed by atoms with van der Waals surface area (Å²) in [6, 6.07) is 12.8. The number of benzene rings is 2. The molecule has 2 aromatic carbocycles. The molecule has 0 spiro atoms. The molecule has 0 aromatic heterocycles. The highest BCUT2D eigenvalue weighted by Gasteiger charge is 2.25. The number of cyclic esters (lactones) is 1. The maximum Gasteiger partial charge on any atom is 0.363 e. The lowest BCUT2D eigenvalue weighted by Gasteiger charge is -2.06. The number of methoxy groups -OCH3 is 1. The molecule has 0 fully saturated rings. The largest absolute Gasteiger partial charge is 0.496 e. The number of carbonyl (C=O) groups is 1. The average Bonchev–Trinajstić information content (AvgIpc) is 2.97. The molecule has 128 valence electrons. The van der Waals surface area contributed by atoms with Gasteiger partial charge >= 0.3 is 5.97 Å². The summed E-state index contributed by atoms with van der Waals surface area (Å²) in [5, 5.41) is 0. The molecule has 0 amide bonds. The highest BCUT2D eigenvalue weighted by molar-refractivity contribution is 9.10. The fourth-order valence-electron chi connectivity index (χ4n) is 2.37. The van der Waals surface area contributed by atoms with Crippen LogP contribution in [0.5, 0.6) is 11.5 Å². The van der Waals surface area contributed by atoms with E-state index in [9.17, 15) is 4.79 Å². The average molecular weight is 402 g/mol. The van der Waals surface area contributed by atoms with Gasteiger partial charge in [-0.15, -0.1) is 0 Å². The molecular weight excluding hydrogens is 386 g/mol. The van der Waals surface area contributed by atoms with Gasteiger partial charge in [-0.3, -0.25) is 0 Å². The van der Waals surface area contributed by atoms with Crippen molar-refractivity contribution < 1.29 is 19.0 Å². The lowest BCUT2D eigenvalue weighted by atomic mass is 10.1. The number of hydrogen-bond donors (Lipinski definition) is 0. The van der Waals surface area contributed by atoms with Gasteiger partial charge in [-0.1, -0.05) is 18.2 Å². The molecule has 2 aromatic rings. The van der Waals surface area contributed by atoms with Gasteiger partial charge in [-0.25, -0.2) is 9.79 Å². The Bertz CT molecular complexity index is 873. The molecule has 0 radical (unpaired) electrons. The molecule has 1 aliphatic rings. The molecule has 0 bridgehead atoms. The number of para-hydroxylation sites is 1. The van der Waals surface area contributed by atoms with Crippen LogP contribution in [0, 0.1) is 0 Å². The van der Waals surface area contributed by atoms with Crippen molar-refractivity contribution in [1.82, 2.24) is 0 Å². The van der Waals surface area contributed by atoms with Crippen LogP contribution in [-0.4, -0.2) is 25.6 Å². The molecule has 0 N–H and O–H groups in total. The van der Waals surface area contributed by atoms with Crippen LogP contribution < -0.4 is 9.47 Å². The second-order valence-corrected chi connectivity index (χ2v) is 6.01. The molecular formula is C19H16BrNO4. The number of carbonyl (C=O) groups excluding carboxylic acids is 1. The van der Waals surface area contributed by atoms with Crippen molar-refractivity contribution in [3.05, 3.63) is 63.8 Å². The van der Waals surface area contributed by atoms with Crippen molar-refractivity contribution in [1.29, 1.82) is 0 Å². The fourth-order valence-corrected chi connectivity index (χ4v) is 2.91. The van der Waals surface area contributed by atoms with Crippen LogP contribution in [0.3, 0.4) is 0 Å². The van der Waals surface area contributed by atoms with E-state index in [-0.39, 0.29) is 11.6 Å². The number of halogens is 1. The van der Waals surface area contributed by atoms with Crippen LogP contribution in [-0.2, 0) is 9.53 Å². The van der Waals surface area contributed by atoms with Crippen LogP contribution in [0.1, 0.15) is 18.1 Å². The van der Waals surface area contributed by atoms with Gasteiger partial charge in [0.05, 0.1) is 18.2 Å². The monoisotopic (exact) mass is 401 g/mol. The predicted molar refractivity (Wildman–Crippen MR) is 98.9 cm³/mol. The lowest BCUT2D eigenvalue weighted by Crippen LogP contribution is -2.05. The van der Waals surface area contributed by atoms with E-state index in [0.29, 0.717) is 23.7 Å². The van der Waals surface area contributed by atoms with E-state index in [4.69, 9.17) is 14.2 Å². The maximum absolute atomic E-state index is 12.2. The van der Waals surface area contributed by atoms with Crippen molar-refractivity contribution in [3.8, 4) is 11.5 Å². The van der Waals surface area contributed by atoms with Gasteiger partial charge in [0.15, 0.2) is 5.70 Å². The van der Waals surface area contributed by atoms with Gasteiger partial charge in [0.1, 0.15) is 11.5 Å². The van der Waals surface area contributed by atoms with Crippen LogP contribution in [0.4, 0.5) is 0 Å². The summed E-state index contributed by atoms with van der Waals surface area (Å²) in [6.45, 7) is 2.45. The maximum atomic E-state index is 12.2. The van der Waals surface area contributed by atoms with E-state index in [0.717, 1.165) is 10.0 Å². The highest BCUT2D eigenvalue weighted by Crippen LogP contribution is 2.28. The second-order valence-electron chi connectivity index (χ2n) is 5.16. The molecule has 5 nitrogen and oxygen atoms in total. The number of ether oxygens (including phenoxy) is 3. The summed E-state index contributed by atoms with van der Waals surface area (Å²) in [5.41, 5.74) is 1.69. The van der Waals surface area contributed by atoms with Crippen molar-refractivity contribution >= 4 is 33.9 Å². The number of rotatable bonds is 5. The molecule has 6 heteroatoms. The molecule has 0 unspecified atom stereocenters. The minimum atomic E-state index is -0.492. The zero-order chi connectivity index (χ0) is 17.8. The van der Waals surface area contributed by atoms with E-state index in [1.165, 1.54) is 0 Å². The van der Waals surface area contributed by atoms with Crippen LogP contribution >= 0.6 is 15.9 Å². The molecule has 0 atom stereocenters. The minimum absolute atomic E-state index is 0.231. The number of aliphatic imine (C=N–C) groups is 1. The predicted octanol–water partition coefficient (Wildman–Crippen LogP) is 4.20. The third-order valence-corrected chi connectivity index (χ3v) is 4.15. The molecule has 0 saturated heterocycles. The first-order valence-corrected chi connectivity index (χ1v) is 8.50. The Hall–Kier alpha value is -2.60. The summed E-state index contributed by atoms with van der Waals surface area (Å²) in [5.74, 6) is 1.15. The molecule has 0 saturated carbocycles. The van der Waals surface area contributed by atoms with Crippen LogP contribution in [0.25, 0.3) is 6.08 Å². The van der Waals surface area contributed by atoms with Crippen molar-refractivity contribution in [3.63, 3.8) is 0 Å². The smallest absolute Gasteiger partial charge is 0.363 e. The Morgan fingerprint density at radius 2 is 2.00 bits per heavy atom. The SMILES string of the molecule is CCOc1ccccc1/C=C1\N=C(c2ccc(OC)c(Br)c2)OC1=O. The summed E-state index contributed by atoms with van der Waals surface area (Å²) in [4.78, 5) is 16.5. The molecule has 3 rings (SSSR count). The van der Waals surface area contributed by atoms with Gasteiger partial charge in [-0.2, -0.15) is 0 Å². The van der Waals surface area contributed by atoms with Gasteiger partial charge in [0.2, 0.25) is 5.90 Å². The Morgan fingerprint density at radius 1 is 1.20 bits per heavy atom. The first-order chi connectivity index (χ1) is 12.1. The Morgan fingerprint density at radius 3 is 2.72 bits per heavy atom. The topological polar surface area (TPSA) is 57.1 Å². The minimum Gasteiger partial charge on any atom is -0.496 e. The van der Waals surface area contributed by atoms with E-state index in [2.05, 4.69) is 20.9 Å². The van der Waals surface area contributed by atoms with Crippen molar-refractivity contribution in [2.24, 2.45) is 4.99 Å². The van der Waals surface area contributed by atoms with Gasteiger partial charge in [-0.05, 0) is 53.2 Å². The van der Waals surface area contributed by atoms with Gasteiger partial charge in [0.25, 0.3) is 0 Å². The first-order valence-electron chi connectivity index (χ1n) is 7.70. The lowest BCUT2D eigenvalue weighted by molar-refractivity contribution is -0.129. The molecule has 25 heavy (non-hydrogen) atoms. The molecule has 0 aliphatic carbocycles. The number of hydrogen-bond acceptors (Lipinski definition) is 5. The number of esters is 1. The van der Waals surface area contributed by atoms with Crippen LogP contribution in [0.2, 0.25) is 0 Å². The summed E-state index contributed by atoms with van der Waals surface area (Å²) >= 11 is 3.41. The van der Waals surface area contributed by atoms with E-state index in [1.54, 1.807) is 31.4 Å². The highest BCUT2D eigenvalue weighted by atomic mass is 79.9. The van der Waals surface area contributed by atoms with Gasteiger partial charge in [0, 0.05) is 11.1 Å². The van der Waals surface area contributed by atoms with Gasteiger partial charge < -0.3 is 14.2 Å². The zero-order valence-electron chi connectivity index (χ0n) is 13.8.